The molecule has 106 valence electrons. The number of aliphatic hydroxyl groups is 2. The van der Waals surface area contributed by atoms with Gasteiger partial charge < -0.3 is 26.4 Å². The highest BCUT2D eigenvalue weighted by Gasteiger charge is 2.13. The molecule has 6 N–H and O–H groups in total. The normalized spacial score (nSPS) is 13.9. The molecule has 0 aliphatic heterocycles. The molecule has 7 heteroatoms. The van der Waals surface area contributed by atoms with E-state index in [4.69, 9.17) is 21.1 Å². The van der Waals surface area contributed by atoms with E-state index in [1.807, 2.05) is 0 Å². The number of carboxylic acid groups (broad SMARTS) is 1. The lowest BCUT2D eigenvalue weighted by molar-refractivity contribution is -0.138. The maximum Gasteiger partial charge on any atom is 0.320 e. The van der Waals surface area contributed by atoms with Crippen molar-refractivity contribution in [2.45, 2.75) is 44.2 Å². The van der Waals surface area contributed by atoms with Crippen LogP contribution in [0.3, 0.4) is 0 Å². The van der Waals surface area contributed by atoms with E-state index in [9.17, 15) is 9.59 Å². The van der Waals surface area contributed by atoms with Gasteiger partial charge in [-0.05, 0) is 25.7 Å². The number of nitrogens with two attached hydrogens (primary N) is 1. The molecule has 0 aromatic rings. The third-order valence-electron chi connectivity index (χ3n) is 2.50. The molecule has 0 spiro atoms. The van der Waals surface area contributed by atoms with Crippen molar-refractivity contribution in [1.29, 1.82) is 0 Å². The summed E-state index contributed by atoms with van der Waals surface area (Å²) in [4.78, 5) is 21.7. The van der Waals surface area contributed by atoms with Crippen LogP contribution in [0, 0.1) is 0 Å². The van der Waals surface area contributed by atoms with Crippen molar-refractivity contribution >= 4 is 11.9 Å². The van der Waals surface area contributed by atoms with E-state index in [0.29, 0.717) is 25.8 Å². The zero-order valence-electron chi connectivity index (χ0n) is 10.3. The Hall–Kier alpha value is -1.18. The van der Waals surface area contributed by atoms with Crippen LogP contribution in [0.4, 0.5) is 0 Å². The van der Waals surface area contributed by atoms with Crippen LogP contribution in [0.2, 0.25) is 0 Å². The lowest BCUT2D eigenvalue weighted by Gasteiger charge is -2.08. The standard InChI is InChI=1S/C11H22N2O5/c12-9(11(17)18)4-5-10(16)13-6-2-1-3-8(15)7-14/h8-9,14-15H,1-7,12H2,(H,13,16)(H,17,18)/t8-,9-/m0/s1. The van der Waals surface area contributed by atoms with Gasteiger partial charge >= 0.3 is 5.97 Å². The highest BCUT2D eigenvalue weighted by atomic mass is 16.4. The number of nitrogens with one attached hydrogen (secondary N) is 1. The maximum atomic E-state index is 11.3. The van der Waals surface area contributed by atoms with Crippen LogP contribution in [0.15, 0.2) is 0 Å². The minimum absolute atomic E-state index is 0.0900. The number of amides is 1. The smallest absolute Gasteiger partial charge is 0.320 e. The molecule has 2 atom stereocenters. The predicted molar refractivity (Wildman–Crippen MR) is 64.8 cm³/mol. The summed E-state index contributed by atoms with van der Waals surface area (Å²) < 4.78 is 0. The molecule has 0 aromatic carbocycles. The molecular weight excluding hydrogens is 240 g/mol. The Morgan fingerprint density at radius 2 is 1.89 bits per heavy atom. The summed E-state index contributed by atoms with van der Waals surface area (Å²) in [5, 5.41) is 28.8. The summed E-state index contributed by atoms with van der Waals surface area (Å²) in [5.41, 5.74) is 5.26. The van der Waals surface area contributed by atoms with Gasteiger partial charge in [-0.15, -0.1) is 0 Å². The molecule has 0 unspecified atom stereocenters. The fourth-order valence-corrected chi connectivity index (χ4v) is 1.32. The summed E-state index contributed by atoms with van der Waals surface area (Å²) in [6.07, 6.45) is 1.41. The number of unbranched alkanes of at least 4 members (excludes halogenated alkanes) is 1. The fourth-order valence-electron chi connectivity index (χ4n) is 1.32. The average molecular weight is 262 g/mol. The molecule has 7 nitrogen and oxygen atoms in total. The van der Waals surface area contributed by atoms with E-state index >= 15 is 0 Å². The first-order valence-corrected chi connectivity index (χ1v) is 6.01. The first-order chi connectivity index (χ1) is 8.47. The second-order valence-electron chi connectivity index (χ2n) is 4.17. The van der Waals surface area contributed by atoms with Crippen LogP contribution in [0.25, 0.3) is 0 Å². The number of carbonyl (C=O) groups is 2. The van der Waals surface area contributed by atoms with Crippen LogP contribution >= 0.6 is 0 Å². The Morgan fingerprint density at radius 1 is 1.22 bits per heavy atom. The van der Waals surface area contributed by atoms with Crippen LogP contribution in [-0.2, 0) is 9.59 Å². The van der Waals surface area contributed by atoms with Gasteiger partial charge in [-0.1, -0.05) is 0 Å². The number of aliphatic hydroxyl groups excluding tert-OH is 2. The number of hydrogen-bond donors (Lipinski definition) is 5. The van der Waals surface area contributed by atoms with Crippen LogP contribution in [0.1, 0.15) is 32.1 Å². The van der Waals surface area contributed by atoms with Gasteiger partial charge in [0.2, 0.25) is 5.91 Å². The number of hydrogen-bond acceptors (Lipinski definition) is 5. The molecule has 0 fully saturated rings. The van der Waals surface area contributed by atoms with Crippen molar-refractivity contribution in [3.8, 4) is 0 Å². The molecule has 0 aliphatic rings. The molecule has 1 amide bonds. The van der Waals surface area contributed by atoms with Gasteiger partial charge in [-0.3, -0.25) is 9.59 Å². The van der Waals surface area contributed by atoms with Gasteiger partial charge in [0.05, 0.1) is 12.7 Å². The Balaban J connectivity index is 3.45. The van der Waals surface area contributed by atoms with E-state index in [0.717, 1.165) is 0 Å². The second-order valence-corrected chi connectivity index (χ2v) is 4.17. The van der Waals surface area contributed by atoms with Gasteiger partial charge in [0.1, 0.15) is 6.04 Å². The zero-order chi connectivity index (χ0) is 14.0. The summed E-state index contributed by atoms with van der Waals surface area (Å²) in [6, 6.07) is -1.00. The molecule has 0 aromatic heterocycles. The predicted octanol–water partition coefficient (Wildman–Crippen LogP) is -1.18. The van der Waals surface area contributed by atoms with Gasteiger partial charge in [-0.2, -0.15) is 0 Å². The molecule has 18 heavy (non-hydrogen) atoms. The van der Waals surface area contributed by atoms with E-state index in [1.54, 1.807) is 0 Å². The molecule has 0 radical (unpaired) electrons. The Kier molecular flexibility index (Phi) is 9.17. The second kappa shape index (κ2) is 9.81. The first-order valence-electron chi connectivity index (χ1n) is 6.01. The Bertz CT molecular complexity index is 260. The van der Waals surface area contributed by atoms with E-state index < -0.39 is 18.1 Å². The monoisotopic (exact) mass is 262 g/mol. The molecule has 0 saturated heterocycles. The summed E-state index contributed by atoms with van der Waals surface area (Å²) in [6.45, 7) is 0.221. The third kappa shape index (κ3) is 8.91. The SMILES string of the molecule is N[C@@H](CCC(=O)NCCCC[C@H](O)CO)C(=O)O. The molecule has 0 rings (SSSR count). The van der Waals surface area contributed by atoms with Gasteiger partial charge in [0.15, 0.2) is 0 Å². The minimum Gasteiger partial charge on any atom is -0.480 e. The van der Waals surface area contributed by atoms with Crippen molar-refractivity contribution in [3.05, 3.63) is 0 Å². The van der Waals surface area contributed by atoms with Crippen LogP contribution in [-0.4, -0.2) is 52.5 Å². The van der Waals surface area contributed by atoms with Crippen molar-refractivity contribution in [2.24, 2.45) is 5.73 Å². The number of aliphatic carboxylic acids is 1. The summed E-state index contributed by atoms with van der Waals surface area (Å²) in [5.74, 6) is -1.34. The first kappa shape index (κ1) is 16.8. The van der Waals surface area contributed by atoms with E-state index in [2.05, 4.69) is 5.32 Å². The highest BCUT2D eigenvalue weighted by molar-refractivity contribution is 5.78. The van der Waals surface area contributed by atoms with Crippen molar-refractivity contribution < 1.29 is 24.9 Å². The van der Waals surface area contributed by atoms with Crippen molar-refractivity contribution in [1.82, 2.24) is 5.32 Å². The average Bonchev–Trinajstić information content (AvgIpc) is 2.34. The van der Waals surface area contributed by atoms with Crippen LogP contribution in [0.5, 0.6) is 0 Å². The van der Waals surface area contributed by atoms with E-state index in [1.165, 1.54) is 0 Å². The van der Waals surface area contributed by atoms with Gasteiger partial charge in [0, 0.05) is 13.0 Å². The quantitative estimate of drug-likeness (QED) is 0.315. The Labute approximate surface area is 106 Å². The molecule has 0 bridgehead atoms. The number of carbonyl (C=O) groups excluding carboxylic acids is 1. The zero-order valence-corrected chi connectivity index (χ0v) is 10.3. The van der Waals surface area contributed by atoms with Gasteiger partial charge in [0.25, 0.3) is 0 Å². The topological polar surface area (TPSA) is 133 Å². The molecule has 0 heterocycles. The summed E-state index contributed by atoms with van der Waals surface area (Å²) >= 11 is 0. The van der Waals surface area contributed by atoms with Crippen molar-refractivity contribution in [3.63, 3.8) is 0 Å². The van der Waals surface area contributed by atoms with Gasteiger partial charge in [-0.25, -0.2) is 0 Å². The number of carboxylic acids is 1. The lowest BCUT2D eigenvalue weighted by Crippen LogP contribution is -2.33. The van der Waals surface area contributed by atoms with Crippen LogP contribution < -0.4 is 11.1 Å². The fraction of sp³-hybridized carbons (Fsp3) is 0.818. The molecule has 0 saturated carbocycles. The lowest BCUT2D eigenvalue weighted by atomic mass is 10.1. The maximum absolute atomic E-state index is 11.3. The molecule has 0 aliphatic carbocycles. The van der Waals surface area contributed by atoms with E-state index in [-0.39, 0.29) is 25.4 Å². The van der Waals surface area contributed by atoms with Crippen molar-refractivity contribution in [2.75, 3.05) is 13.2 Å². The Morgan fingerprint density at radius 3 is 2.44 bits per heavy atom. The third-order valence-corrected chi connectivity index (χ3v) is 2.50. The highest BCUT2D eigenvalue weighted by Crippen LogP contribution is 2.00. The number of rotatable bonds is 10. The largest absolute Gasteiger partial charge is 0.480 e. The minimum atomic E-state index is -1.11. The molecular formula is C11H22N2O5. The summed E-state index contributed by atoms with van der Waals surface area (Å²) in [7, 11) is 0.